The Balaban J connectivity index is 2.41. The van der Waals surface area contributed by atoms with Crippen LogP contribution in [0.2, 0.25) is 0 Å². The van der Waals surface area contributed by atoms with Gasteiger partial charge in [0, 0.05) is 23.8 Å². The Kier molecular flexibility index (Phi) is 2.26. The summed E-state index contributed by atoms with van der Waals surface area (Å²) in [6, 6.07) is 4.00. The number of rotatable bonds is 2. The van der Waals surface area contributed by atoms with Crippen LogP contribution in [-0.4, -0.2) is 21.0 Å². The maximum atomic E-state index is 4.25. The second kappa shape index (κ2) is 3.57. The van der Waals surface area contributed by atoms with Gasteiger partial charge in [-0.15, -0.1) is 0 Å². The molecule has 14 heavy (non-hydrogen) atoms. The largest absolute Gasteiger partial charge is 0.247 e. The quantitative estimate of drug-likeness (QED) is 0.718. The van der Waals surface area contributed by atoms with Crippen molar-refractivity contribution in [3.8, 4) is 0 Å². The number of aromatic nitrogens is 3. The maximum Gasteiger partial charge on any atom is 0.246 e. The first kappa shape index (κ1) is 8.87. The summed E-state index contributed by atoms with van der Waals surface area (Å²) in [5.74, 6) is 0.506. The van der Waals surface area contributed by atoms with Gasteiger partial charge in [-0.3, -0.25) is 0 Å². The van der Waals surface area contributed by atoms with Crippen LogP contribution in [0.3, 0.4) is 0 Å². The van der Waals surface area contributed by atoms with E-state index in [4.69, 9.17) is 0 Å². The smallest absolute Gasteiger partial charge is 0.246 e. The van der Waals surface area contributed by atoms with E-state index in [2.05, 4.69) is 20.3 Å². The maximum absolute atomic E-state index is 4.25. The molecule has 0 N–H and O–H groups in total. The number of hydrogen-bond donors (Lipinski definition) is 0. The topological polar surface area (TPSA) is 52.8 Å². The van der Waals surface area contributed by atoms with E-state index < -0.39 is 0 Å². The van der Waals surface area contributed by atoms with Crippen LogP contribution in [-0.2, 0) is 0 Å². The van der Waals surface area contributed by atoms with Crippen LogP contribution in [0, 0.1) is 0 Å². The van der Waals surface area contributed by atoms with Crippen molar-refractivity contribution in [2.75, 3.05) is 0 Å². The summed E-state index contributed by atoms with van der Waals surface area (Å²) < 4.78 is 0. The molecule has 0 saturated carbocycles. The first-order valence-corrected chi connectivity index (χ1v) is 4.54. The van der Waals surface area contributed by atoms with Crippen LogP contribution in [0.25, 0.3) is 11.0 Å². The predicted molar refractivity (Wildman–Crippen MR) is 54.3 cm³/mol. The molecular weight excluding hydrogens is 176 g/mol. The van der Waals surface area contributed by atoms with Crippen molar-refractivity contribution in [3.05, 3.63) is 24.5 Å². The first-order chi connectivity index (χ1) is 6.75. The highest BCUT2D eigenvalue weighted by Crippen LogP contribution is 2.09. The summed E-state index contributed by atoms with van der Waals surface area (Å²) in [6.45, 7) is 3.98. The first-order valence-electron chi connectivity index (χ1n) is 4.54. The van der Waals surface area contributed by atoms with E-state index >= 15 is 0 Å². The van der Waals surface area contributed by atoms with Gasteiger partial charge < -0.3 is 0 Å². The van der Waals surface area contributed by atoms with Crippen LogP contribution < -0.4 is 5.32 Å². The van der Waals surface area contributed by atoms with Gasteiger partial charge in [-0.25, -0.2) is 15.3 Å². The molecule has 0 fully saturated rings. The Labute approximate surface area is 82.4 Å². The van der Waals surface area contributed by atoms with Gasteiger partial charge in [0.15, 0.2) is 5.65 Å². The molecule has 0 aromatic carbocycles. The van der Waals surface area contributed by atoms with Crippen molar-refractivity contribution in [2.24, 2.45) is 0 Å². The summed E-state index contributed by atoms with van der Waals surface area (Å²) in [5.41, 5.74) is 0.696. The standard InChI is InChI=1S/C10H11N4/c1-7(2)13-10-12-6-8-4-3-5-11-9(8)14-10/h3-7H,1-2H3. The molecule has 0 atom stereocenters. The van der Waals surface area contributed by atoms with Crippen molar-refractivity contribution in [1.29, 1.82) is 0 Å². The van der Waals surface area contributed by atoms with Crippen molar-refractivity contribution in [3.63, 3.8) is 0 Å². The number of pyridine rings is 1. The molecule has 0 aliphatic carbocycles. The second-order valence-corrected chi connectivity index (χ2v) is 3.31. The van der Waals surface area contributed by atoms with Crippen LogP contribution in [0.1, 0.15) is 13.8 Å². The van der Waals surface area contributed by atoms with Crippen molar-refractivity contribution >= 4 is 17.0 Å². The van der Waals surface area contributed by atoms with Crippen molar-refractivity contribution in [2.45, 2.75) is 19.9 Å². The fourth-order valence-electron chi connectivity index (χ4n) is 1.15. The summed E-state index contributed by atoms with van der Waals surface area (Å²) >= 11 is 0. The molecule has 0 unspecified atom stereocenters. The molecule has 2 rings (SSSR count). The molecule has 2 aromatic heterocycles. The van der Waals surface area contributed by atoms with E-state index in [0.29, 0.717) is 11.6 Å². The zero-order chi connectivity index (χ0) is 9.97. The molecule has 0 amide bonds. The van der Waals surface area contributed by atoms with E-state index in [0.717, 1.165) is 5.39 Å². The van der Waals surface area contributed by atoms with E-state index in [1.807, 2.05) is 26.0 Å². The Morgan fingerprint density at radius 3 is 2.93 bits per heavy atom. The summed E-state index contributed by atoms with van der Waals surface area (Å²) in [5, 5.41) is 5.19. The van der Waals surface area contributed by atoms with Gasteiger partial charge in [-0.1, -0.05) is 0 Å². The lowest BCUT2D eigenvalue weighted by Gasteiger charge is -2.04. The van der Waals surface area contributed by atoms with Crippen LogP contribution in [0.4, 0.5) is 5.95 Å². The van der Waals surface area contributed by atoms with Crippen LogP contribution in [0.15, 0.2) is 24.5 Å². The molecule has 0 bridgehead atoms. The fourth-order valence-corrected chi connectivity index (χ4v) is 1.15. The van der Waals surface area contributed by atoms with E-state index in [-0.39, 0.29) is 6.04 Å². The summed E-state index contributed by atoms with van der Waals surface area (Å²) in [6.07, 6.45) is 3.46. The predicted octanol–water partition coefficient (Wildman–Crippen LogP) is 1.67. The third-order valence-electron chi connectivity index (χ3n) is 1.72. The zero-order valence-corrected chi connectivity index (χ0v) is 8.18. The minimum Gasteiger partial charge on any atom is -0.247 e. The third-order valence-corrected chi connectivity index (χ3v) is 1.72. The molecule has 0 aliphatic heterocycles. The van der Waals surface area contributed by atoms with E-state index in [1.165, 1.54) is 0 Å². The van der Waals surface area contributed by atoms with Gasteiger partial charge in [0.1, 0.15) is 0 Å². The lowest BCUT2D eigenvalue weighted by atomic mass is 10.3. The second-order valence-electron chi connectivity index (χ2n) is 3.31. The molecule has 4 nitrogen and oxygen atoms in total. The molecule has 2 aromatic rings. The fraction of sp³-hybridized carbons (Fsp3) is 0.300. The van der Waals surface area contributed by atoms with Gasteiger partial charge in [0.25, 0.3) is 0 Å². The van der Waals surface area contributed by atoms with Gasteiger partial charge in [0.05, 0.1) is 0 Å². The number of hydrogen-bond acceptors (Lipinski definition) is 3. The lowest BCUT2D eigenvalue weighted by molar-refractivity contribution is 0.673. The third kappa shape index (κ3) is 1.79. The number of nitrogens with zero attached hydrogens (tertiary/aromatic N) is 4. The Morgan fingerprint density at radius 1 is 1.29 bits per heavy atom. The molecular formula is C10H11N4. The van der Waals surface area contributed by atoms with Crippen LogP contribution >= 0.6 is 0 Å². The molecule has 1 radical (unpaired) electrons. The van der Waals surface area contributed by atoms with E-state index in [1.54, 1.807) is 12.4 Å². The average molecular weight is 187 g/mol. The minimum absolute atomic E-state index is 0.205. The summed E-state index contributed by atoms with van der Waals surface area (Å²) in [7, 11) is 0. The molecule has 2 heterocycles. The van der Waals surface area contributed by atoms with E-state index in [9.17, 15) is 0 Å². The SMILES string of the molecule is CC(C)[N]c1ncc2cccnc2n1. The molecule has 71 valence electrons. The molecule has 0 saturated heterocycles. The highest BCUT2D eigenvalue weighted by Gasteiger charge is 2.02. The molecule has 0 aliphatic rings. The normalized spacial score (nSPS) is 10.8. The zero-order valence-electron chi connectivity index (χ0n) is 8.18. The Bertz CT molecular complexity index is 439. The highest BCUT2D eigenvalue weighted by atomic mass is 15.1. The summed E-state index contributed by atoms with van der Waals surface area (Å²) in [4.78, 5) is 12.5. The minimum atomic E-state index is 0.205. The van der Waals surface area contributed by atoms with Gasteiger partial charge in [-0.05, 0) is 26.0 Å². The molecule has 0 spiro atoms. The number of fused-ring (bicyclic) bond motifs is 1. The average Bonchev–Trinajstić information content (AvgIpc) is 2.17. The van der Waals surface area contributed by atoms with Crippen LogP contribution in [0.5, 0.6) is 0 Å². The molecule has 4 heteroatoms. The van der Waals surface area contributed by atoms with Gasteiger partial charge in [0.2, 0.25) is 5.95 Å². The van der Waals surface area contributed by atoms with Crippen molar-refractivity contribution < 1.29 is 0 Å². The van der Waals surface area contributed by atoms with Crippen molar-refractivity contribution in [1.82, 2.24) is 20.3 Å². The Morgan fingerprint density at radius 2 is 2.14 bits per heavy atom. The highest BCUT2D eigenvalue weighted by molar-refractivity contribution is 5.73. The van der Waals surface area contributed by atoms with Gasteiger partial charge >= 0.3 is 0 Å². The monoisotopic (exact) mass is 187 g/mol. The lowest BCUT2D eigenvalue weighted by Crippen LogP contribution is -2.11. The Hall–Kier alpha value is -1.71. The van der Waals surface area contributed by atoms with Gasteiger partial charge in [-0.2, -0.15) is 4.98 Å².